The summed E-state index contributed by atoms with van der Waals surface area (Å²) in [6.45, 7) is 3.58. The third-order valence-corrected chi connectivity index (χ3v) is 4.70. The van der Waals surface area contributed by atoms with Gasteiger partial charge >= 0.3 is 5.97 Å². The third kappa shape index (κ3) is 5.87. The first-order valence-corrected chi connectivity index (χ1v) is 9.76. The summed E-state index contributed by atoms with van der Waals surface area (Å²) in [5, 5.41) is 3.17. The van der Waals surface area contributed by atoms with Crippen LogP contribution in [0, 0.1) is 0 Å². The summed E-state index contributed by atoms with van der Waals surface area (Å²) >= 11 is 6.14. The van der Waals surface area contributed by atoms with Crippen molar-refractivity contribution in [3.05, 3.63) is 58.6 Å². The Balaban J connectivity index is 2.08. The molecule has 2 atom stereocenters. The molecule has 0 aliphatic rings. The van der Waals surface area contributed by atoms with E-state index in [4.69, 9.17) is 25.8 Å². The zero-order valence-corrected chi connectivity index (χ0v) is 17.8. The first kappa shape index (κ1) is 22.6. The lowest BCUT2D eigenvalue weighted by Crippen LogP contribution is -2.38. The van der Waals surface area contributed by atoms with E-state index in [1.165, 1.54) is 33.3 Å². The van der Waals surface area contributed by atoms with Crippen molar-refractivity contribution in [3.8, 4) is 11.5 Å². The molecule has 2 rings (SSSR count). The van der Waals surface area contributed by atoms with E-state index in [9.17, 15) is 9.59 Å². The fourth-order valence-corrected chi connectivity index (χ4v) is 3.19. The molecule has 0 fully saturated rings. The zero-order chi connectivity index (χ0) is 21.4. The molecule has 1 amide bonds. The fraction of sp³-hybridized carbons (Fsp3) is 0.364. The van der Waals surface area contributed by atoms with Crippen LogP contribution in [0.5, 0.6) is 11.5 Å². The number of nitrogens with one attached hydrogen (secondary N) is 1. The highest BCUT2D eigenvalue weighted by molar-refractivity contribution is 6.32. The van der Waals surface area contributed by atoms with Gasteiger partial charge in [-0.05, 0) is 31.0 Å². The van der Waals surface area contributed by atoms with Gasteiger partial charge in [0.1, 0.15) is 0 Å². The molecule has 0 bridgehead atoms. The largest absolute Gasteiger partial charge is 0.493 e. The van der Waals surface area contributed by atoms with Gasteiger partial charge in [-0.3, -0.25) is 4.79 Å². The molecule has 0 aromatic heterocycles. The summed E-state index contributed by atoms with van der Waals surface area (Å²) in [6.07, 6.45) is 0.706. The molecule has 0 saturated carbocycles. The quantitative estimate of drug-likeness (QED) is 0.603. The molecule has 2 aromatic carbocycles. The number of hydrogen-bond acceptors (Lipinski definition) is 5. The lowest BCUT2D eigenvalue weighted by molar-refractivity contribution is -0.129. The van der Waals surface area contributed by atoms with Gasteiger partial charge in [-0.15, -0.1) is 0 Å². The van der Waals surface area contributed by atoms with Crippen LogP contribution in [-0.2, 0) is 9.53 Å². The fourth-order valence-electron chi connectivity index (χ4n) is 2.90. The summed E-state index contributed by atoms with van der Waals surface area (Å²) in [5.41, 5.74) is 1.17. The van der Waals surface area contributed by atoms with Gasteiger partial charge in [-0.2, -0.15) is 0 Å². The highest BCUT2D eigenvalue weighted by Crippen LogP contribution is 2.36. The number of benzene rings is 2. The van der Waals surface area contributed by atoms with Gasteiger partial charge in [0.15, 0.2) is 17.6 Å². The minimum absolute atomic E-state index is 0.148. The number of hydrogen-bond donors (Lipinski definition) is 1. The number of carbonyl (C=O) groups is 2. The van der Waals surface area contributed by atoms with Crippen molar-refractivity contribution in [1.82, 2.24) is 5.32 Å². The second-order valence-corrected chi connectivity index (χ2v) is 6.91. The van der Waals surface area contributed by atoms with Crippen LogP contribution in [0.3, 0.4) is 0 Å². The number of methoxy groups -OCH3 is 2. The first-order chi connectivity index (χ1) is 13.9. The van der Waals surface area contributed by atoms with Gasteiger partial charge in [-0.1, -0.05) is 55.3 Å². The molecule has 0 heterocycles. The van der Waals surface area contributed by atoms with E-state index in [1.54, 1.807) is 0 Å². The number of rotatable bonds is 9. The summed E-state index contributed by atoms with van der Waals surface area (Å²) < 4.78 is 15.7. The molecular weight excluding hydrogens is 394 g/mol. The second-order valence-electron chi connectivity index (χ2n) is 6.50. The maximum atomic E-state index is 12.6. The Bertz CT molecular complexity index is 841. The van der Waals surface area contributed by atoms with Crippen molar-refractivity contribution >= 4 is 23.5 Å². The average Bonchev–Trinajstić information content (AvgIpc) is 2.73. The van der Waals surface area contributed by atoms with Crippen molar-refractivity contribution in [1.29, 1.82) is 0 Å². The van der Waals surface area contributed by atoms with Crippen LogP contribution in [0.1, 0.15) is 48.7 Å². The predicted molar refractivity (Wildman–Crippen MR) is 112 cm³/mol. The molecule has 0 aliphatic heterocycles. The average molecular weight is 420 g/mol. The van der Waals surface area contributed by atoms with Crippen LogP contribution >= 0.6 is 11.6 Å². The summed E-state index contributed by atoms with van der Waals surface area (Å²) in [4.78, 5) is 25.1. The zero-order valence-electron chi connectivity index (χ0n) is 17.0. The smallest absolute Gasteiger partial charge is 0.339 e. The number of halogens is 1. The predicted octanol–water partition coefficient (Wildman–Crippen LogP) is 4.56. The van der Waals surface area contributed by atoms with Crippen molar-refractivity contribution in [2.75, 3.05) is 14.2 Å². The molecule has 156 valence electrons. The van der Waals surface area contributed by atoms with Gasteiger partial charge < -0.3 is 19.5 Å². The van der Waals surface area contributed by atoms with Gasteiger partial charge in [0.25, 0.3) is 5.91 Å². The van der Waals surface area contributed by atoms with Crippen molar-refractivity contribution in [3.63, 3.8) is 0 Å². The monoisotopic (exact) mass is 419 g/mol. The maximum Gasteiger partial charge on any atom is 0.339 e. The van der Waals surface area contributed by atoms with E-state index < -0.39 is 12.1 Å². The van der Waals surface area contributed by atoms with E-state index in [1.807, 2.05) is 37.3 Å². The number of esters is 1. The third-order valence-electron chi connectivity index (χ3n) is 4.42. The van der Waals surface area contributed by atoms with Crippen LogP contribution in [0.25, 0.3) is 0 Å². The summed E-state index contributed by atoms with van der Waals surface area (Å²) in [6, 6.07) is 12.4. The molecule has 29 heavy (non-hydrogen) atoms. The van der Waals surface area contributed by atoms with Gasteiger partial charge in [-0.25, -0.2) is 4.79 Å². The van der Waals surface area contributed by atoms with Crippen LogP contribution in [0.4, 0.5) is 0 Å². The molecule has 1 N–H and O–H groups in total. The number of amides is 1. The second kappa shape index (κ2) is 10.7. The standard InChI is InChI=1S/C22H26ClNO5/c1-5-9-18(15-10-7-6-8-11-15)24-21(25)14(2)29-22(26)16-12-17(23)20(28-4)19(13-16)27-3/h6-8,10-14,18H,5,9H2,1-4H3,(H,24,25)/t14-,18+/m0/s1. The van der Waals surface area contributed by atoms with E-state index in [0.29, 0.717) is 11.5 Å². The molecule has 0 aliphatic carbocycles. The van der Waals surface area contributed by atoms with E-state index in [2.05, 4.69) is 5.32 Å². The van der Waals surface area contributed by atoms with Crippen LogP contribution in [-0.4, -0.2) is 32.2 Å². The molecule has 0 unspecified atom stereocenters. The Hall–Kier alpha value is -2.73. The molecule has 0 saturated heterocycles. The van der Waals surface area contributed by atoms with Gasteiger partial charge in [0, 0.05) is 0 Å². The SMILES string of the molecule is CCC[C@@H](NC(=O)[C@H](C)OC(=O)c1cc(Cl)c(OC)c(OC)c1)c1ccccc1. The Kier molecular flexibility index (Phi) is 8.34. The molecule has 0 spiro atoms. The van der Waals surface area contributed by atoms with Gasteiger partial charge in [0.2, 0.25) is 0 Å². The van der Waals surface area contributed by atoms with E-state index in [0.717, 1.165) is 18.4 Å². The van der Waals surface area contributed by atoms with E-state index in [-0.39, 0.29) is 22.5 Å². The lowest BCUT2D eigenvalue weighted by atomic mass is 10.0. The highest BCUT2D eigenvalue weighted by atomic mass is 35.5. The van der Waals surface area contributed by atoms with Crippen LogP contribution < -0.4 is 14.8 Å². The lowest BCUT2D eigenvalue weighted by Gasteiger charge is -2.21. The Labute approximate surface area is 176 Å². The van der Waals surface area contributed by atoms with Gasteiger partial charge in [0.05, 0.1) is 30.8 Å². The number of carbonyl (C=O) groups excluding carboxylic acids is 2. The maximum absolute atomic E-state index is 12.6. The first-order valence-electron chi connectivity index (χ1n) is 9.39. The molecular formula is C22H26ClNO5. The molecule has 2 aromatic rings. The molecule has 6 nitrogen and oxygen atoms in total. The number of ether oxygens (including phenoxy) is 3. The van der Waals surface area contributed by atoms with Crippen molar-refractivity contribution in [2.45, 2.75) is 38.8 Å². The van der Waals surface area contributed by atoms with E-state index >= 15 is 0 Å². The Morgan fingerprint density at radius 2 is 1.79 bits per heavy atom. The van der Waals surface area contributed by atoms with Crippen LogP contribution in [0.15, 0.2) is 42.5 Å². The minimum Gasteiger partial charge on any atom is -0.493 e. The van der Waals surface area contributed by atoms with Crippen molar-refractivity contribution in [2.24, 2.45) is 0 Å². The van der Waals surface area contributed by atoms with Crippen molar-refractivity contribution < 1.29 is 23.8 Å². The Morgan fingerprint density at radius 3 is 2.38 bits per heavy atom. The topological polar surface area (TPSA) is 73.9 Å². The highest BCUT2D eigenvalue weighted by Gasteiger charge is 2.23. The molecule has 7 heteroatoms. The normalized spacial score (nSPS) is 12.6. The minimum atomic E-state index is -0.975. The summed E-state index contributed by atoms with van der Waals surface area (Å²) in [5.74, 6) is -0.424. The molecule has 0 radical (unpaired) electrons. The Morgan fingerprint density at radius 1 is 1.10 bits per heavy atom. The summed E-state index contributed by atoms with van der Waals surface area (Å²) in [7, 11) is 2.89. The van der Waals surface area contributed by atoms with Crippen LogP contribution in [0.2, 0.25) is 5.02 Å².